The third-order valence-electron chi connectivity index (χ3n) is 6.04. The molecule has 2 amide bonds. The van der Waals surface area contributed by atoms with Crippen LogP contribution in [-0.4, -0.2) is 53.6 Å². The lowest BCUT2D eigenvalue weighted by atomic mass is 10.0. The second-order valence-electron chi connectivity index (χ2n) is 8.53. The lowest BCUT2D eigenvalue weighted by Crippen LogP contribution is -2.35. The predicted octanol–water partition coefficient (Wildman–Crippen LogP) is 2.99. The third kappa shape index (κ3) is 4.31. The molecule has 0 unspecified atom stereocenters. The standard InChI is InChI=1S/C22H27N3O5S2/c1-12-20(31-22(23-12)24-14(3)27)16-9-17-11-25(13(2)15-5-6-15)21(28)19(17)18(10-16)32(29,30)8-4-7-26/h9-10,13,15,26H,4-8,11H2,1-3H3,(H,23,24,27)/t13-/m0/s1. The first kappa shape index (κ1) is 22.9. The number of rotatable bonds is 8. The van der Waals surface area contributed by atoms with E-state index < -0.39 is 9.84 Å². The summed E-state index contributed by atoms with van der Waals surface area (Å²) in [5, 5.41) is 12.3. The van der Waals surface area contributed by atoms with E-state index in [0.29, 0.717) is 34.4 Å². The van der Waals surface area contributed by atoms with Crippen LogP contribution in [0.4, 0.5) is 5.13 Å². The molecule has 2 aromatic rings. The van der Waals surface area contributed by atoms with Crippen molar-refractivity contribution in [3.63, 3.8) is 0 Å². The summed E-state index contributed by atoms with van der Waals surface area (Å²) in [4.78, 5) is 31.6. The molecule has 1 fully saturated rings. The maximum atomic E-state index is 13.3. The van der Waals surface area contributed by atoms with E-state index in [0.717, 1.165) is 17.7 Å². The minimum absolute atomic E-state index is 0.0165. The number of nitrogens with zero attached hydrogens (tertiary/aromatic N) is 2. The summed E-state index contributed by atoms with van der Waals surface area (Å²) in [6.07, 6.45) is 2.27. The minimum Gasteiger partial charge on any atom is -0.396 e. The first-order valence-electron chi connectivity index (χ1n) is 10.7. The number of hydrogen-bond acceptors (Lipinski definition) is 7. The molecule has 4 rings (SSSR count). The van der Waals surface area contributed by atoms with E-state index in [4.69, 9.17) is 5.11 Å². The van der Waals surface area contributed by atoms with Crippen molar-refractivity contribution in [3.8, 4) is 10.4 Å². The Labute approximate surface area is 191 Å². The van der Waals surface area contributed by atoms with Gasteiger partial charge in [0, 0.05) is 26.1 Å². The highest BCUT2D eigenvalue weighted by atomic mass is 32.2. The number of nitrogens with one attached hydrogen (secondary N) is 1. The number of fused-ring (bicyclic) bond motifs is 1. The predicted molar refractivity (Wildman–Crippen MR) is 122 cm³/mol. The Kier molecular flexibility index (Phi) is 6.12. The van der Waals surface area contributed by atoms with Crippen LogP contribution < -0.4 is 5.32 Å². The monoisotopic (exact) mass is 477 g/mol. The molecule has 0 saturated heterocycles. The molecule has 0 radical (unpaired) electrons. The Hall–Kier alpha value is -2.30. The fourth-order valence-corrected chi connectivity index (χ4v) is 6.78. The molecule has 2 N–H and O–H groups in total. The summed E-state index contributed by atoms with van der Waals surface area (Å²) >= 11 is 1.27. The molecule has 8 nitrogen and oxygen atoms in total. The normalized spacial score (nSPS) is 16.9. The molecular formula is C22H27N3O5S2. The largest absolute Gasteiger partial charge is 0.396 e. The van der Waals surface area contributed by atoms with Crippen molar-refractivity contribution in [1.82, 2.24) is 9.88 Å². The van der Waals surface area contributed by atoms with E-state index in [1.807, 2.05) is 13.0 Å². The Balaban J connectivity index is 1.82. The molecule has 0 spiro atoms. The van der Waals surface area contributed by atoms with Crippen LogP contribution in [0, 0.1) is 12.8 Å². The van der Waals surface area contributed by atoms with Gasteiger partial charge in [-0.3, -0.25) is 9.59 Å². The maximum Gasteiger partial charge on any atom is 0.256 e. The average Bonchev–Trinajstić information content (AvgIpc) is 3.44. The van der Waals surface area contributed by atoms with Crippen LogP contribution in [-0.2, 0) is 21.2 Å². The van der Waals surface area contributed by atoms with Gasteiger partial charge >= 0.3 is 0 Å². The topological polar surface area (TPSA) is 117 Å². The van der Waals surface area contributed by atoms with Crippen LogP contribution in [0.25, 0.3) is 10.4 Å². The summed E-state index contributed by atoms with van der Waals surface area (Å²) < 4.78 is 26.4. The van der Waals surface area contributed by atoms with Crippen molar-refractivity contribution in [3.05, 3.63) is 29.0 Å². The lowest BCUT2D eigenvalue weighted by molar-refractivity contribution is -0.114. The maximum absolute atomic E-state index is 13.3. The molecule has 1 aromatic carbocycles. The molecule has 0 bridgehead atoms. The van der Waals surface area contributed by atoms with Gasteiger partial charge in [0.25, 0.3) is 5.91 Å². The Morgan fingerprint density at radius 1 is 1.38 bits per heavy atom. The highest BCUT2D eigenvalue weighted by molar-refractivity contribution is 7.91. The highest BCUT2D eigenvalue weighted by Gasteiger charge is 2.41. The molecule has 1 aliphatic carbocycles. The molecule has 32 heavy (non-hydrogen) atoms. The Morgan fingerprint density at radius 2 is 2.09 bits per heavy atom. The number of anilines is 1. The number of amides is 2. The summed E-state index contributed by atoms with van der Waals surface area (Å²) in [6.45, 7) is 5.36. The van der Waals surface area contributed by atoms with Crippen LogP contribution in [0.3, 0.4) is 0 Å². The van der Waals surface area contributed by atoms with Crippen molar-refractivity contribution in [2.24, 2.45) is 5.92 Å². The number of sulfone groups is 1. The first-order chi connectivity index (χ1) is 15.1. The zero-order valence-corrected chi connectivity index (χ0v) is 20.0. The van der Waals surface area contributed by atoms with Gasteiger partial charge in [-0.15, -0.1) is 0 Å². The van der Waals surface area contributed by atoms with Gasteiger partial charge in [-0.1, -0.05) is 11.3 Å². The fraction of sp³-hybridized carbons (Fsp3) is 0.500. The number of carbonyl (C=O) groups is 2. The molecule has 1 atom stereocenters. The van der Waals surface area contributed by atoms with Crippen molar-refractivity contribution < 1.29 is 23.1 Å². The van der Waals surface area contributed by atoms with Gasteiger partial charge in [-0.05, 0) is 62.3 Å². The summed E-state index contributed by atoms with van der Waals surface area (Å²) in [6, 6.07) is 3.48. The van der Waals surface area contributed by atoms with Crippen molar-refractivity contribution in [2.75, 3.05) is 17.7 Å². The molecule has 2 heterocycles. The lowest BCUT2D eigenvalue weighted by Gasteiger charge is -2.24. The number of aliphatic hydroxyl groups excluding tert-OH is 1. The zero-order valence-electron chi connectivity index (χ0n) is 18.3. The van der Waals surface area contributed by atoms with E-state index in [1.54, 1.807) is 17.9 Å². The fourth-order valence-electron chi connectivity index (χ4n) is 4.21. The van der Waals surface area contributed by atoms with E-state index in [-0.39, 0.29) is 47.1 Å². The third-order valence-corrected chi connectivity index (χ3v) is 8.98. The number of thiazole rings is 1. The molecule has 10 heteroatoms. The minimum atomic E-state index is -3.78. The molecule has 1 saturated carbocycles. The SMILES string of the molecule is CC(=O)Nc1nc(C)c(-c2cc3c(c(S(=O)(=O)CCCO)c2)C(=O)N([C@@H](C)C2CC2)C3)s1. The Bertz CT molecular complexity index is 1180. The van der Waals surface area contributed by atoms with Crippen molar-refractivity contribution >= 4 is 38.1 Å². The van der Waals surface area contributed by atoms with Crippen LogP contribution in [0.5, 0.6) is 0 Å². The number of hydrogen-bond donors (Lipinski definition) is 2. The van der Waals surface area contributed by atoms with Crippen molar-refractivity contribution in [2.45, 2.75) is 57.5 Å². The number of benzene rings is 1. The highest BCUT2D eigenvalue weighted by Crippen LogP contribution is 2.42. The van der Waals surface area contributed by atoms with E-state index >= 15 is 0 Å². The number of aliphatic hydroxyl groups is 1. The average molecular weight is 478 g/mol. The first-order valence-corrected chi connectivity index (χ1v) is 13.2. The van der Waals surface area contributed by atoms with Crippen LogP contribution in [0.1, 0.15) is 54.7 Å². The molecule has 1 aliphatic heterocycles. The van der Waals surface area contributed by atoms with Gasteiger partial charge in [-0.2, -0.15) is 0 Å². The number of aromatic nitrogens is 1. The van der Waals surface area contributed by atoms with Gasteiger partial charge in [0.05, 0.1) is 26.8 Å². The van der Waals surface area contributed by atoms with E-state index in [9.17, 15) is 18.0 Å². The van der Waals surface area contributed by atoms with Gasteiger partial charge in [0.2, 0.25) is 5.91 Å². The second-order valence-corrected chi connectivity index (χ2v) is 11.6. The van der Waals surface area contributed by atoms with Crippen LogP contribution in [0.15, 0.2) is 17.0 Å². The quantitative estimate of drug-likeness (QED) is 0.604. The summed E-state index contributed by atoms with van der Waals surface area (Å²) in [5.74, 6) is -0.245. The van der Waals surface area contributed by atoms with Crippen LogP contribution >= 0.6 is 11.3 Å². The van der Waals surface area contributed by atoms with Gasteiger partial charge in [-0.25, -0.2) is 13.4 Å². The molecule has 172 valence electrons. The van der Waals surface area contributed by atoms with Gasteiger partial charge in [0.1, 0.15) is 0 Å². The molecule has 1 aromatic heterocycles. The summed E-state index contributed by atoms with van der Waals surface area (Å²) in [7, 11) is -3.78. The van der Waals surface area contributed by atoms with Gasteiger partial charge < -0.3 is 15.3 Å². The van der Waals surface area contributed by atoms with Gasteiger partial charge in [0.15, 0.2) is 15.0 Å². The van der Waals surface area contributed by atoms with Crippen LogP contribution in [0.2, 0.25) is 0 Å². The van der Waals surface area contributed by atoms with Crippen molar-refractivity contribution in [1.29, 1.82) is 0 Å². The second kappa shape index (κ2) is 8.57. The Morgan fingerprint density at radius 3 is 2.72 bits per heavy atom. The van der Waals surface area contributed by atoms with E-state index in [1.165, 1.54) is 18.3 Å². The number of carbonyl (C=O) groups excluding carboxylic acids is 2. The molecule has 2 aliphatic rings. The summed E-state index contributed by atoms with van der Waals surface area (Å²) in [5.41, 5.74) is 2.27. The number of aryl methyl sites for hydroxylation is 1. The molecular weight excluding hydrogens is 450 g/mol. The van der Waals surface area contributed by atoms with E-state index in [2.05, 4.69) is 10.3 Å². The zero-order chi connectivity index (χ0) is 23.2. The smallest absolute Gasteiger partial charge is 0.256 e.